The first-order valence-corrected chi connectivity index (χ1v) is 37.1. The predicted molar refractivity (Wildman–Crippen MR) is 365 cm³/mol. The monoisotopic (exact) mass is 1360 g/mol. The molecular weight excluding hydrogens is 1270 g/mol. The SMILES string of the molecule is CC(C)(O)COc1cc(B2OC(C)(C)C(C)(C)O2)c2c(P(C)(C)=O)cnn2c1.COc1ccc(CN2C3CC2CN(c2ccc(-c4cc(OCC(C)(C)O)cn5ncc(P(C)(C)=O)c45)cn2)C3)cn1.COc1ccc(CN2C3CC2CN(c2ccc(Br)cn2)C3)cn1. The number of piperazine rings is 2. The molecule has 15 rings (SSSR count). The van der Waals surface area contributed by atoms with Crippen LogP contribution in [0.15, 0.2) is 115 Å². The molecular formula is C66H86BBrN12O10P2. The summed E-state index contributed by atoms with van der Waals surface area (Å²) in [5.41, 5.74) is 3.39. The third kappa shape index (κ3) is 15.0. The number of aliphatic hydroxyl groups is 2. The van der Waals surface area contributed by atoms with Crippen LogP contribution in [-0.2, 0) is 31.5 Å². The van der Waals surface area contributed by atoms with Gasteiger partial charge in [0, 0.05) is 121 Å². The number of fused-ring (bicyclic) bond motifs is 6. The van der Waals surface area contributed by atoms with E-state index in [1.807, 2.05) is 76.7 Å². The van der Waals surface area contributed by atoms with Gasteiger partial charge in [-0.3, -0.25) is 9.80 Å². The molecule has 490 valence electrons. The van der Waals surface area contributed by atoms with Crippen molar-refractivity contribution in [3.8, 4) is 34.4 Å². The molecule has 92 heavy (non-hydrogen) atoms. The highest BCUT2D eigenvalue weighted by Crippen LogP contribution is 2.43. The third-order valence-corrected chi connectivity index (χ3v) is 21.3. The van der Waals surface area contributed by atoms with E-state index in [1.54, 1.807) is 102 Å². The molecule has 0 aliphatic carbocycles. The van der Waals surface area contributed by atoms with Crippen LogP contribution in [0.2, 0.25) is 0 Å². The number of aromatic nitrogens is 8. The van der Waals surface area contributed by atoms with E-state index >= 15 is 0 Å². The van der Waals surface area contributed by atoms with Crippen LogP contribution in [-0.4, -0.2) is 193 Å². The van der Waals surface area contributed by atoms with E-state index in [1.165, 1.54) is 24.0 Å². The molecule has 7 aliphatic rings. The van der Waals surface area contributed by atoms with E-state index in [9.17, 15) is 19.3 Å². The zero-order chi connectivity index (χ0) is 65.9. The molecule has 0 amide bonds. The summed E-state index contributed by atoms with van der Waals surface area (Å²) in [5.74, 6) is 4.42. The fraction of sp³-hybridized carbons (Fsp3) is 0.485. The molecule has 8 aromatic heterocycles. The number of anilines is 2. The summed E-state index contributed by atoms with van der Waals surface area (Å²) in [7, 11) is -2.55. The second-order valence-electron chi connectivity index (χ2n) is 27.8. The van der Waals surface area contributed by atoms with Gasteiger partial charge in [0.15, 0.2) is 0 Å². The van der Waals surface area contributed by atoms with Crippen LogP contribution in [0.5, 0.6) is 23.3 Å². The van der Waals surface area contributed by atoms with E-state index < -0.39 is 43.8 Å². The normalized spacial score (nSPS) is 20.4. The van der Waals surface area contributed by atoms with Gasteiger partial charge in [-0.2, -0.15) is 10.2 Å². The topological polar surface area (TPSA) is 229 Å². The number of hydrogen-bond acceptors (Lipinski definition) is 20. The molecule has 7 fully saturated rings. The summed E-state index contributed by atoms with van der Waals surface area (Å²) in [5, 5.41) is 30.4. The maximum atomic E-state index is 13.1. The lowest BCUT2D eigenvalue weighted by molar-refractivity contribution is -0.00879. The minimum absolute atomic E-state index is 0.121. The van der Waals surface area contributed by atoms with E-state index in [0.717, 1.165) is 72.0 Å². The fourth-order valence-corrected chi connectivity index (χ4v) is 14.6. The van der Waals surface area contributed by atoms with E-state index in [0.29, 0.717) is 69.0 Å². The molecule has 0 radical (unpaired) electrons. The van der Waals surface area contributed by atoms with Gasteiger partial charge in [-0.15, -0.1) is 0 Å². The maximum Gasteiger partial charge on any atom is 0.497 e. The summed E-state index contributed by atoms with van der Waals surface area (Å²) in [6, 6.07) is 22.2. The number of pyridine rings is 6. The minimum Gasteiger partial charge on any atom is -0.489 e. The lowest BCUT2D eigenvalue weighted by Crippen LogP contribution is -2.68. The molecule has 4 bridgehead atoms. The van der Waals surface area contributed by atoms with Gasteiger partial charge in [-0.05, 0) is 158 Å². The Kier molecular flexibility index (Phi) is 19.0. The number of piperidine rings is 2. The van der Waals surface area contributed by atoms with Crippen molar-refractivity contribution in [2.24, 2.45) is 0 Å². The Hall–Kier alpha value is -6.46. The van der Waals surface area contributed by atoms with Gasteiger partial charge in [0.2, 0.25) is 11.8 Å². The number of halogens is 1. The van der Waals surface area contributed by atoms with Gasteiger partial charge >= 0.3 is 7.12 Å². The molecule has 0 saturated carbocycles. The highest BCUT2D eigenvalue weighted by atomic mass is 79.9. The van der Waals surface area contributed by atoms with Gasteiger partial charge in [-0.25, -0.2) is 29.0 Å². The van der Waals surface area contributed by atoms with Crippen LogP contribution in [0, 0.1) is 0 Å². The Bertz CT molecular complexity index is 3960. The molecule has 4 atom stereocenters. The van der Waals surface area contributed by atoms with Crippen molar-refractivity contribution in [2.45, 2.75) is 128 Å². The smallest absolute Gasteiger partial charge is 0.489 e. The second-order valence-corrected chi connectivity index (χ2v) is 35.0. The number of nitrogens with zero attached hydrogens (tertiary/aromatic N) is 12. The van der Waals surface area contributed by atoms with E-state index in [2.05, 4.69) is 97.1 Å². The maximum absolute atomic E-state index is 13.1. The van der Waals surface area contributed by atoms with Crippen molar-refractivity contribution in [3.05, 3.63) is 126 Å². The first-order valence-electron chi connectivity index (χ1n) is 31.1. The van der Waals surface area contributed by atoms with Crippen molar-refractivity contribution in [1.29, 1.82) is 0 Å². The average molecular weight is 1360 g/mol. The van der Waals surface area contributed by atoms with Gasteiger partial charge < -0.3 is 57.4 Å². The molecule has 26 heteroatoms. The van der Waals surface area contributed by atoms with Gasteiger partial charge in [0.25, 0.3) is 0 Å². The molecule has 15 heterocycles. The largest absolute Gasteiger partial charge is 0.497 e. The lowest BCUT2D eigenvalue weighted by atomic mass is 9.78. The Morgan fingerprint density at radius 2 is 1.04 bits per heavy atom. The number of ether oxygens (including phenoxy) is 4. The minimum atomic E-state index is -2.60. The summed E-state index contributed by atoms with van der Waals surface area (Å²) in [6.07, 6.45) is 16.8. The van der Waals surface area contributed by atoms with Crippen LogP contribution in [0.4, 0.5) is 11.6 Å². The van der Waals surface area contributed by atoms with Crippen LogP contribution in [0.25, 0.3) is 22.2 Å². The zero-order valence-corrected chi connectivity index (χ0v) is 58.5. The van der Waals surface area contributed by atoms with Crippen molar-refractivity contribution in [3.63, 3.8) is 0 Å². The van der Waals surface area contributed by atoms with Gasteiger partial charge in [0.05, 0.1) is 83.1 Å². The standard InChI is InChI=1S/C30H37N6O4P.C19H30BN2O5P.C17H19BrN4O/c1-30(2,37)19-40-24-11-25(29-26(41(4,5)38)14-33-36(29)18-24)21-7-8-27(31-13-21)34-16-22-10-23(17-34)35(22)15-20-6-9-28(39-3)32-12-20;1-17(2,23)12-25-13-9-14(20-26-18(3,4)19(5,6)27-20)16-15(28(7,8)24)10-21-22(16)11-13;1-23-17-5-2-12(7-20-17)9-22-14-6-15(22)11-21(10-14)16-4-3-13(18)8-19-16/h6-9,11-14,18,22-23,37H,10,15-17,19H2,1-5H3;9-11,23H,12H2,1-8H3;2-5,7-8,14-15H,6,9-11H2,1H3. The second kappa shape index (κ2) is 26.0. The molecule has 22 nitrogen and oxygen atoms in total. The van der Waals surface area contributed by atoms with Crippen molar-refractivity contribution >= 4 is 76.1 Å². The van der Waals surface area contributed by atoms with Gasteiger partial charge in [-0.1, -0.05) is 12.1 Å². The lowest BCUT2D eigenvalue weighted by Gasteiger charge is -2.56. The quantitative estimate of drug-likeness (QED) is 0.0607. The Morgan fingerprint density at radius 1 is 0.598 bits per heavy atom. The van der Waals surface area contributed by atoms with Crippen LogP contribution in [0.3, 0.4) is 0 Å². The first kappa shape index (κ1) is 67.0. The van der Waals surface area contributed by atoms with Crippen molar-refractivity contribution < 1.29 is 47.6 Å². The summed E-state index contributed by atoms with van der Waals surface area (Å²) in [6.45, 7) is 27.7. The molecule has 7 saturated heterocycles. The van der Waals surface area contributed by atoms with Crippen molar-refractivity contribution in [1.82, 2.24) is 49.0 Å². The van der Waals surface area contributed by atoms with Crippen LogP contribution in [0.1, 0.15) is 79.4 Å². The molecule has 4 unspecified atom stereocenters. The van der Waals surface area contributed by atoms with E-state index in [-0.39, 0.29) is 13.2 Å². The zero-order valence-electron chi connectivity index (χ0n) is 55.1. The first-order chi connectivity index (χ1) is 43.3. The van der Waals surface area contributed by atoms with Crippen molar-refractivity contribution in [2.75, 3.05) is 90.1 Å². The number of hydrogen-bond donors (Lipinski definition) is 2. The Balaban J connectivity index is 0.000000149. The molecule has 0 aromatic carbocycles. The summed E-state index contributed by atoms with van der Waals surface area (Å²) < 4.78 is 64.8. The Morgan fingerprint density at radius 3 is 1.45 bits per heavy atom. The highest BCUT2D eigenvalue weighted by molar-refractivity contribution is 9.10. The number of rotatable bonds is 18. The average Bonchev–Trinajstić information content (AvgIpc) is 1.37. The summed E-state index contributed by atoms with van der Waals surface area (Å²) >= 11 is 3.44. The molecule has 2 N–H and O–H groups in total. The summed E-state index contributed by atoms with van der Waals surface area (Å²) in [4.78, 5) is 27.9. The Labute approximate surface area is 548 Å². The fourth-order valence-electron chi connectivity index (χ4n) is 12.3. The number of methoxy groups -OCH3 is 2. The molecule has 8 aromatic rings. The van der Waals surface area contributed by atoms with Crippen LogP contribution < -0.4 is 44.8 Å². The van der Waals surface area contributed by atoms with Crippen LogP contribution >= 0.6 is 30.2 Å². The molecule has 0 spiro atoms. The molecule has 7 aliphatic heterocycles. The predicted octanol–water partition coefficient (Wildman–Crippen LogP) is 8.40. The van der Waals surface area contributed by atoms with Gasteiger partial charge in [0.1, 0.15) is 50.6 Å². The third-order valence-electron chi connectivity index (χ3n) is 17.9. The van der Waals surface area contributed by atoms with E-state index in [4.69, 9.17) is 33.2 Å². The highest BCUT2D eigenvalue weighted by Gasteiger charge is 2.53.